The highest BCUT2D eigenvalue weighted by Gasteiger charge is 2.13. The van der Waals surface area contributed by atoms with Gasteiger partial charge in [-0.1, -0.05) is 5.16 Å². The van der Waals surface area contributed by atoms with Crippen LogP contribution in [-0.4, -0.2) is 34.3 Å². The van der Waals surface area contributed by atoms with Crippen molar-refractivity contribution in [3.63, 3.8) is 0 Å². The van der Waals surface area contributed by atoms with Gasteiger partial charge in [-0.25, -0.2) is 0 Å². The third-order valence-electron chi connectivity index (χ3n) is 2.22. The molecule has 0 saturated heterocycles. The largest absolute Gasteiger partial charge is 0.493 e. The predicted molar refractivity (Wildman–Crippen MR) is 63.4 cm³/mol. The van der Waals surface area contributed by atoms with Gasteiger partial charge in [0.1, 0.15) is 5.75 Å². The molecule has 0 spiro atoms. The molecule has 0 aliphatic carbocycles. The predicted octanol–water partition coefficient (Wildman–Crippen LogP) is 0.554. The number of rotatable bonds is 5. The van der Waals surface area contributed by atoms with Crippen LogP contribution in [0, 0.1) is 13.8 Å². The number of hydrogen-bond acceptors (Lipinski definition) is 5. The monoisotopic (exact) mass is 239 g/mol. The minimum absolute atomic E-state index is 0.0333. The third kappa shape index (κ3) is 3.32. The molecule has 1 aromatic rings. The Balaban J connectivity index is 3.07. The van der Waals surface area contributed by atoms with E-state index in [9.17, 15) is 0 Å². The summed E-state index contributed by atoms with van der Waals surface area (Å²) >= 11 is 0. The summed E-state index contributed by atoms with van der Waals surface area (Å²) in [4.78, 5) is 4.23. The number of hydrogen-bond donors (Lipinski definition) is 3. The van der Waals surface area contributed by atoms with E-state index in [1.54, 1.807) is 13.0 Å². The van der Waals surface area contributed by atoms with Crippen molar-refractivity contribution >= 4 is 5.84 Å². The highest BCUT2D eigenvalue weighted by molar-refractivity contribution is 6.00. The zero-order valence-electron chi connectivity index (χ0n) is 9.97. The van der Waals surface area contributed by atoms with E-state index >= 15 is 0 Å². The number of amidine groups is 1. The van der Waals surface area contributed by atoms with Gasteiger partial charge in [0.2, 0.25) is 0 Å². The normalized spacial score (nSPS) is 11.6. The topological polar surface area (TPSA) is 101 Å². The van der Waals surface area contributed by atoms with Crippen LogP contribution in [0.3, 0.4) is 0 Å². The molecule has 0 radical (unpaired) electrons. The molecule has 0 saturated carbocycles. The molecule has 0 aromatic carbocycles. The molecule has 94 valence electrons. The van der Waals surface area contributed by atoms with Crippen LogP contribution in [-0.2, 0) is 0 Å². The van der Waals surface area contributed by atoms with E-state index < -0.39 is 0 Å². The number of aliphatic hydroxyl groups excluding tert-OH is 1. The van der Waals surface area contributed by atoms with Crippen LogP contribution in [0.1, 0.15) is 23.4 Å². The number of pyridine rings is 1. The molecule has 1 aromatic heterocycles. The minimum atomic E-state index is -0.0333. The first-order valence-electron chi connectivity index (χ1n) is 5.30. The summed E-state index contributed by atoms with van der Waals surface area (Å²) < 4.78 is 5.49. The number of aliphatic hydroxyl groups is 1. The van der Waals surface area contributed by atoms with Crippen LogP contribution >= 0.6 is 0 Å². The lowest BCUT2D eigenvalue weighted by molar-refractivity contribution is 0.233. The molecule has 0 amide bonds. The first-order valence-corrected chi connectivity index (χ1v) is 5.30. The van der Waals surface area contributed by atoms with Gasteiger partial charge < -0.3 is 20.8 Å². The molecule has 0 aliphatic heterocycles. The van der Waals surface area contributed by atoms with Gasteiger partial charge in [0.15, 0.2) is 5.84 Å². The average molecular weight is 239 g/mol. The van der Waals surface area contributed by atoms with E-state index in [4.69, 9.17) is 20.8 Å². The van der Waals surface area contributed by atoms with Crippen LogP contribution in [0.5, 0.6) is 5.75 Å². The van der Waals surface area contributed by atoms with Crippen LogP contribution in [0.2, 0.25) is 0 Å². The van der Waals surface area contributed by atoms with E-state index in [2.05, 4.69) is 10.1 Å². The Labute approximate surface area is 99.7 Å². The fraction of sp³-hybridized carbons (Fsp3) is 0.455. The Morgan fingerprint density at radius 2 is 2.24 bits per heavy atom. The molecule has 4 N–H and O–H groups in total. The molecular formula is C11H17N3O3. The van der Waals surface area contributed by atoms with E-state index in [-0.39, 0.29) is 12.4 Å². The number of ether oxygens (including phenoxy) is 1. The van der Waals surface area contributed by atoms with Crippen LogP contribution in [0.15, 0.2) is 11.2 Å². The van der Waals surface area contributed by atoms with Crippen LogP contribution in [0.4, 0.5) is 0 Å². The van der Waals surface area contributed by atoms with Crippen molar-refractivity contribution in [3.8, 4) is 5.75 Å². The second kappa shape index (κ2) is 6.05. The summed E-state index contributed by atoms with van der Waals surface area (Å²) in [7, 11) is 0. The van der Waals surface area contributed by atoms with Crippen LogP contribution < -0.4 is 10.5 Å². The Morgan fingerprint density at radius 3 is 2.82 bits per heavy atom. The quantitative estimate of drug-likeness (QED) is 0.229. The van der Waals surface area contributed by atoms with Crippen molar-refractivity contribution in [1.82, 2.24) is 4.98 Å². The first-order chi connectivity index (χ1) is 8.10. The maximum Gasteiger partial charge on any atom is 0.175 e. The summed E-state index contributed by atoms with van der Waals surface area (Å²) in [6.07, 6.45) is 0.524. The molecule has 0 fully saturated rings. The molecule has 1 heterocycles. The Bertz CT molecular complexity index is 419. The molecule has 0 atom stereocenters. The number of aryl methyl sites for hydroxylation is 2. The zero-order valence-corrected chi connectivity index (χ0v) is 9.97. The summed E-state index contributed by atoms with van der Waals surface area (Å²) in [6, 6.07) is 1.72. The summed E-state index contributed by atoms with van der Waals surface area (Å²) in [5, 5.41) is 20.4. The van der Waals surface area contributed by atoms with Gasteiger partial charge in [0, 0.05) is 24.8 Å². The SMILES string of the molecule is Cc1cc(OCCCO)c(/C(N)=N/O)c(C)n1. The van der Waals surface area contributed by atoms with Crippen molar-refractivity contribution in [2.24, 2.45) is 10.9 Å². The Kier molecular flexibility index (Phi) is 4.71. The molecular weight excluding hydrogens is 222 g/mol. The van der Waals surface area contributed by atoms with Crippen molar-refractivity contribution < 1.29 is 15.1 Å². The van der Waals surface area contributed by atoms with Gasteiger partial charge in [-0.2, -0.15) is 0 Å². The first kappa shape index (κ1) is 13.2. The molecule has 0 bridgehead atoms. The molecule has 0 aliphatic rings. The standard InChI is InChI=1S/C11H17N3O3/c1-7-6-9(17-5-3-4-15)10(8(2)13-7)11(12)14-16/h6,15-16H,3-5H2,1-2H3,(H2,12,14). The van der Waals surface area contributed by atoms with Gasteiger partial charge in [-0.3, -0.25) is 4.98 Å². The van der Waals surface area contributed by atoms with Gasteiger partial charge in [-0.15, -0.1) is 0 Å². The van der Waals surface area contributed by atoms with Gasteiger partial charge in [-0.05, 0) is 13.8 Å². The fourth-order valence-corrected chi connectivity index (χ4v) is 1.51. The fourth-order valence-electron chi connectivity index (χ4n) is 1.51. The zero-order chi connectivity index (χ0) is 12.8. The van der Waals surface area contributed by atoms with Crippen molar-refractivity contribution in [1.29, 1.82) is 0 Å². The van der Waals surface area contributed by atoms with E-state index in [1.165, 1.54) is 0 Å². The number of oxime groups is 1. The summed E-state index contributed by atoms with van der Waals surface area (Å²) in [5.41, 5.74) is 7.49. The molecule has 1 rings (SSSR count). The molecule has 6 heteroatoms. The van der Waals surface area contributed by atoms with Crippen LogP contribution in [0.25, 0.3) is 0 Å². The lowest BCUT2D eigenvalue weighted by atomic mass is 10.1. The summed E-state index contributed by atoms with van der Waals surface area (Å²) in [6.45, 7) is 4.02. The molecule has 6 nitrogen and oxygen atoms in total. The van der Waals surface area contributed by atoms with Gasteiger partial charge in [0.05, 0.1) is 17.9 Å². The second-order valence-electron chi connectivity index (χ2n) is 3.63. The van der Waals surface area contributed by atoms with Crippen molar-refractivity contribution in [2.75, 3.05) is 13.2 Å². The molecule has 17 heavy (non-hydrogen) atoms. The van der Waals surface area contributed by atoms with Gasteiger partial charge in [0.25, 0.3) is 0 Å². The Morgan fingerprint density at radius 1 is 1.53 bits per heavy atom. The van der Waals surface area contributed by atoms with Crippen molar-refractivity contribution in [2.45, 2.75) is 20.3 Å². The van der Waals surface area contributed by atoms with E-state index in [0.29, 0.717) is 30.0 Å². The number of aromatic nitrogens is 1. The van der Waals surface area contributed by atoms with Gasteiger partial charge >= 0.3 is 0 Å². The number of nitrogens with zero attached hydrogens (tertiary/aromatic N) is 2. The summed E-state index contributed by atoms with van der Waals surface area (Å²) in [5.74, 6) is 0.479. The smallest absolute Gasteiger partial charge is 0.175 e. The highest BCUT2D eigenvalue weighted by atomic mass is 16.5. The van der Waals surface area contributed by atoms with Crippen molar-refractivity contribution in [3.05, 3.63) is 23.0 Å². The maximum absolute atomic E-state index is 8.72. The minimum Gasteiger partial charge on any atom is -0.493 e. The average Bonchev–Trinajstić information content (AvgIpc) is 2.28. The lowest BCUT2D eigenvalue weighted by Crippen LogP contribution is -2.18. The lowest BCUT2D eigenvalue weighted by Gasteiger charge is -2.13. The Hall–Kier alpha value is -1.82. The number of nitrogens with two attached hydrogens (primary N) is 1. The third-order valence-corrected chi connectivity index (χ3v) is 2.22. The highest BCUT2D eigenvalue weighted by Crippen LogP contribution is 2.22. The second-order valence-corrected chi connectivity index (χ2v) is 3.63. The maximum atomic E-state index is 8.72. The molecule has 0 unspecified atom stereocenters. The van der Waals surface area contributed by atoms with E-state index in [1.807, 2.05) is 6.92 Å². The van der Waals surface area contributed by atoms with E-state index in [0.717, 1.165) is 5.69 Å².